The van der Waals surface area contributed by atoms with Gasteiger partial charge in [-0.2, -0.15) is 5.10 Å². The Morgan fingerprint density at radius 2 is 2.15 bits per heavy atom. The molecule has 0 aliphatic rings. The summed E-state index contributed by atoms with van der Waals surface area (Å²) in [4.78, 5) is 0. The molecule has 0 aliphatic carbocycles. The average molecular weight is 338 g/mol. The fourth-order valence-corrected chi connectivity index (χ4v) is 2.78. The minimum atomic E-state index is -0.489. The van der Waals surface area contributed by atoms with E-state index in [-0.39, 0.29) is 0 Å². The van der Waals surface area contributed by atoms with Gasteiger partial charge < -0.3 is 10.5 Å². The van der Waals surface area contributed by atoms with E-state index in [2.05, 4.69) is 21.0 Å². The first-order valence-electron chi connectivity index (χ1n) is 6.46. The van der Waals surface area contributed by atoms with Gasteiger partial charge in [0.05, 0.1) is 23.0 Å². The molecule has 0 fully saturated rings. The SMILES string of the molecule is COc1cccc(C(C)(N)Cc2c(Br)c(C)nn2C)c1. The summed E-state index contributed by atoms with van der Waals surface area (Å²) >= 11 is 3.59. The van der Waals surface area contributed by atoms with Crippen LogP contribution in [0.15, 0.2) is 28.7 Å². The van der Waals surface area contributed by atoms with E-state index >= 15 is 0 Å². The fraction of sp³-hybridized carbons (Fsp3) is 0.400. The average Bonchev–Trinajstić information content (AvgIpc) is 2.65. The van der Waals surface area contributed by atoms with Crippen molar-refractivity contribution in [1.82, 2.24) is 9.78 Å². The number of nitrogens with two attached hydrogens (primary N) is 1. The van der Waals surface area contributed by atoms with E-state index in [1.807, 2.05) is 49.8 Å². The van der Waals surface area contributed by atoms with Crippen molar-refractivity contribution in [3.05, 3.63) is 45.7 Å². The van der Waals surface area contributed by atoms with Crippen molar-refractivity contribution in [3.8, 4) is 5.75 Å². The van der Waals surface area contributed by atoms with Crippen molar-refractivity contribution in [2.24, 2.45) is 12.8 Å². The maximum Gasteiger partial charge on any atom is 0.119 e. The third kappa shape index (κ3) is 2.88. The molecule has 2 rings (SSSR count). The summed E-state index contributed by atoms with van der Waals surface area (Å²) in [5.74, 6) is 0.819. The smallest absolute Gasteiger partial charge is 0.119 e. The van der Waals surface area contributed by atoms with Crippen LogP contribution in [0.25, 0.3) is 0 Å². The van der Waals surface area contributed by atoms with E-state index in [4.69, 9.17) is 10.5 Å². The second-order valence-corrected chi connectivity index (χ2v) is 6.09. The molecule has 1 heterocycles. The molecule has 2 aromatic rings. The number of nitrogens with zero attached hydrogens (tertiary/aromatic N) is 2. The second kappa shape index (κ2) is 5.58. The first kappa shape index (κ1) is 15.1. The number of rotatable bonds is 4. The molecule has 0 amide bonds. The van der Waals surface area contributed by atoms with E-state index in [0.29, 0.717) is 6.42 Å². The maximum absolute atomic E-state index is 6.52. The summed E-state index contributed by atoms with van der Waals surface area (Å²) in [5.41, 5.74) is 9.15. The van der Waals surface area contributed by atoms with Gasteiger partial charge in [-0.3, -0.25) is 4.68 Å². The molecule has 4 nitrogen and oxygen atoms in total. The minimum Gasteiger partial charge on any atom is -0.497 e. The van der Waals surface area contributed by atoms with Crippen molar-refractivity contribution in [2.75, 3.05) is 7.11 Å². The lowest BCUT2D eigenvalue weighted by atomic mass is 9.88. The largest absolute Gasteiger partial charge is 0.497 e. The molecule has 1 atom stereocenters. The third-order valence-corrected chi connectivity index (χ3v) is 4.56. The number of ether oxygens (including phenoxy) is 1. The summed E-state index contributed by atoms with van der Waals surface area (Å²) < 4.78 is 8.18. The van der Waals surface area contributed by atoms with E-state index in [0.717, 1.165) is 27.2 Å². The maximum atomic E-state index is 6.52. The van der Waals surface area contributed by atoms with Crippen LogP contribution in [0.5, 0.6) is 5.75 Å². The third-order valence-electron chi connectivity index (χ3n) is 3.53. The Hall–Kier alpha value is -1.33. The van der Waals surface area contributed by atoms with Gasteiger partial charge in [-0.15, -0.1) is 0 Å². The Morgan fingerprint density at radius 3 is 2.70 bits per heavy atom. The topological polar surface area (TPSA) is 53.1 Å². The van der Waals surface area contributed by atoms with Crippen LogP contribution in [0, 0.1) is 6.92 Å². The predicted octanol–water partition coefficient (Wildman–Crippen LogP) is 2.92. The van der Waals surface area contributed by atoms with Gasteiger partial charge in [0.2, 0.25) is 0 Å². The Balaban J connectivity index is 2.34. The van der Waals surface area contributed by atoms with Gasteiger partial charge in [-0.05, 0) is 47.5 Å². The van der Waals surface area contributed by atoms with Crippen LogP contribution in [-0.4, -0.2) is 16.9 Å². The van der Waals surface area contributed by atoms with Gasteiger partial charge in [0, 0.05) is 19.0 Å². The van der Waals surface area contributed by atoms with Crippen molar-refractivity contribution >= 4 is 15.9 Å². The van der Waals surface area contributed by atoms with Gasteiger partial charge >= 0.3 is 0 Å². The van der Waals surface area contributed by atoms with Crippen molar-refractivity contribution in [3.63, 3.8) is 0 Å². The highest BCUT2D eigenvalue weighted by atomic mass is 79.9. The monoisotopic (exact) mass is 337 g/mol. The molecule has 0 bridgehead atoms. The second-order valence-electron chi connectivity index (χ2n) is 5.30. The quantitative estimate of drug-likeness (QED) is 0.933. The van der Waals surface area contributed by atoms with Gasteiger partial charge in [-0.25, -0.2) is 0 Å². The lowest BCUT2D eigenvalue weighted by Gasteiger charge is -2.26. The number of benzene rings is 1. The normalized spacial score (nSPS) is 14.1. The number of hydrogen-bond donors (Lipinski definition) is 1. The summed E-state index contributed by atoms with van der Waals surface area (Å²) in [6, 6.07) is 7.89. The lowest BCUT2D eigenvalue weighted by molar-refractivity contribution is 0.409. The van der Waals surface area contributed by atoms with Crippen LogP contribution in [0.3, 0.4) is 0 Å². The number of methoxy groups -OCH3 is 1. The Labute approximate surface area is 128 Å². The summed E-state index contributed by atoms with van der Waals surface area (Å²) in [7, 11) is 3.60. The number of halogens is 1. The Kier molecular flexibility index (Phi) is 4.20. The molecule has 108 valence electrons. The molecule has 1 aromatic carbocycles. The molecule has 1 aromatic heterocycles. The summed E-state index contributed by atoms with van der Waals surface area (Å²) in [5, 5.41) is 4.41. The highest BCUT2D eigenvalue weighted by Crippen LogP contribution is 2.29. The van der Waals surface area contributed by atoms with Gasteiger partial charge in [0.25, 0.3) is 0 Å². The van der Waals surface area contributed by atoms with Gasteiger partial charge in [0.1, 0.15) is 5.75 Å². The highest BCUT2D eigenvalue weighted by Gasteiger charge is 2.26. The molecule has 2 N–H and O–H groups in total. The number of aromatic nitrogens is 2. The lowest BCUT2D eigenvalue weighted by Crippen LogP contribution is -2.36. The Bertz CT molecular complexity index is 620. The number of hydrogen-bond acceptors (Lipinski definition) is 3. The van der Waals surface area contributed by atoms with Crippen LogP contribution in [0.1, 0.15) is 23.9 Å². The molecule has 0 spiro atoms. The van der Waals surface area contributed by atoms with Crippen LogP contribution >= 0.6 is 15.9 Å². The molecule has 0 saturated carbocycles. The van der Waals surface area contributed by atoms with E-state index < -0.39 is 5.54 Å². The standard InChI is InChI=1S/C15H20BrN3O/c1-10-14(16)13(19(3)18-10)9-15(2,17)11-6-5-7-12(8-11)20-4/h5-8H,9,17H2,1-4H3. The molecule has 0 radical (unpaired) electrons. The molecule has 1 unspecified atom stereocenters. The van der Waals surface area contributed by atoms with E-state index in [9.17, 15) is 0 Å². The van der Waals surface area contributed by atoms with Crippen LogP contribution in [0.4, 0.5) is 0 Å². The molecular weight excluding hydrogens is 318 g/mol. The van der Waals surface area contributed by atoms with Crippen LogP contribution in [-0.2, 0) is 19.0 Å². The van der Waals surface area contributed by atoms with Crippen LogP contribution in [0.2, 0.25) is 0 Å². The first-order valence-corrected chi connectivity index (χ1v) is 7.26. The zero-order chi connectivity index (χ0) is 14.9. The van der Waals surface area contributed by atoms with Gasteiger partial charge in [0.15, 0.2) is 0 Å². The molecular formula is C15H20BrN3O. The first-order chi connectivity index (χ1) is 9.35. The summed E-state index contributed by atoms with van der Waals surface area (Å²) in [6.45, 7) is 4.00. The minimum absolute atomic E-state index is 0.489. The number of aryl methyl sites for hydroxylation is 2. The predicted molar refractivity (Wildman–Crippen MR) is 83.9 cm³/mol. The molecule has 0 aliphatic heterocycles. The Morgan fingerprint density at radius 1 is 1.45 bits per heavy atom. The fourth-order valence-electron chi connectivity index (χ4n) is 2.30. The summed E-state index contributed by atoms with van der Waals surface area (Å²) in [6.07, 6.45) is 0.693. The van der Waals surface area contributed by atoms with E-state index in [1.165, 1.54) is 0 Å². The zero-order valence-corrected chi connectivity index (χ0v) is 13.9. The molecule has 5 heteroatoms. The van der Waals surface area contributed by atoms with Crippen molar-refractivity contribution in [2.45, 2.75) is 25.8 Å². The van der Waals surface area contributed by atoms with Crippen LogP contribution < -0.4 is 10.5 Å². The molecule has 20 heavy (non-hydrogen) atoms. The van der Waals surface area contributed by atoms with E-state index in [1.54, 1.807) is 7.11 Å². The zero-order valence-electron chi connectivity index (χ0n) is 12.3. The highest BCUT2D eigenvalue weighted by molar-refractivity contribution is 9.10. The van der Waals surface area contributed by atoms with Crippen molar-refractivity contribution in [1.29, 1.82) is 0 Å². The van der Waals surface area contributed by atoms with Gasteiger partial charge in [-0.1, -0.05) is 12.1 Å². The van der Waals surface area contributed by atoms with Crippen molar-refractivity contribution < 1.29 is 4.74 Å². The molecule has 0 saturated heterocycles.